The van der Waals surface area contributed by atoms with Crippen LogP contribution in [0.2, 0.25) is 0 Å². The zero-order valence-electron chi connectivity index (χ0n) is 20.9. The van der Waals surface area contributed by atoms with Crippen LogP contribution in [0.3, 0.4) is 0 Å². The van der Waals surface area contributed by atoms with Crippen molar-refractivity contribution in [3.8, 4) is 0 Å². The van der Waals surface area contributed by atoms with Gasteiger partial charge in [0.25, 0.3) is 0 Å². The Hall–Kier alpha value is -2.66. The molecule has 0 radical (unpaired) electrons. The number of fused-ring (bicyclic) bond motifs is 2. The number of aromatic nitrogens is 3. The van der Waals surface area contributed by atoms with E-state index in [0.29, 0.717) is 13.0 Å². The van der Waals surface area contributed by atoms with Crippen molar-refractivity contribution in [2.75, 3.05) is 13.2 Å². The molecular weight excluding hydrogens is 480 g/mol. The molecule has 1 spiro atoms. The molecule has 3 saturated heterocycles. The highest BCUT2D eigenvalue weighted by Crippen LogP contribution is 2.66. The van der Waals surface area contributed by atoms with Crippen LogP contribution in [-0.2, 0) is 21.1 Å². The third-order valence-corrected chi connectivity index (χ3v) is 9.93. The van der Waals surface area contributed by atoms with Crippen LogP contribution in [0.5, 0.6) is 0 Å². The van der Waals surface area contributed by atoms with Crippen molar-refractivity contribution in [1.82, 2.24) is 30.5 Å². The number of hydrogen-bond donors (Lipinski definition) is 3. The Morgan fingerprint density at radius 2 is 2.03 bits per heavy atom. The molecule has 2 bridgehead atoms. The summed E-state index contributed by atoms with van der Waals surface area (Å²) in [5.74, 6) is -1.68. The van der Waals surface area contributed by atoms with E-state index in [-0.39, 0.29) is 42.2 Å². The van der Waals surface area contributed by atoms with E-state index in [4.69, 9.17) is 0 Å². The first kappa shape index (κ1) is 25.0. The molecular formula is C25H34N6O4S. The van der Waals surface area contributed by atoms with Crippen LogP contribution in [-0.4, -0.2) is 78.0 Å². The average Bonchev–Trinajstić information content (AvgIpc) is 3.61. The first-order chi connectivity index (χ1) is 17.3. The van der Waals surface area contributed by atoms with Crippen LogP contribution >= 0.6 is 11.8 Å². The second kappa shape index (κ2) is 9.66. The summed E-state index contributed by atoms with van der Waals surface area (Å²) in [5.41, 5.74) is 1.53. The highest BCUT2D eigenvalue weighted by atomic mass is 32.2. The Morgan fingerprint density at radius 3 is 2.75 bits per heavy atom. The molecule has 3 N–H and O–H groups in total. The van der Waals surface area contributed by atoms with Crippen LogP contribution in [0.1, 0.15) is 40.0 Å². The predicted molar refractivity (Wildman–Crippen MR) is 136 cm³/mol. The van der Waals surface area contributed by atoms with E-state index in [1.54, 1.807) is 21.3 Å². The molecule has 1 aromatic heterocycles. The van der Waals surface area contributed by atoms with Gasteiger partial charge in [-0.2, -0.15) is 0 Å². The van der Waals surface area contributed by atoms with Crippen LogP contribution in [0.25, 0.3) is 11.0 Å². The number of carbonyl (C=O) groups is 3. The second-order valence-electron chi connectivity index (χ2n) is 10.4. The molecule has 10 nitrogen and oxygen atoms in total. The van der Waals surface area contributed by atoms with Gasteiger partial charge in [0.2, 0.25) is 17.7 Å². The van der Waals surface area contributed by atoms with Gasteiger partial charge in [0.1, 0.15) is 18.2 Å². The molecule has 3 aliphatic heterocycles. The van der Waals surface area contributed by atoms with Gasteiger partial charge in [-0.25, -0.2) is 4.68 Å². The minimum Gasteiger partial charge on any atom is -0.394 e. The largest absolute Gasteiger partial charge is 0.394 e. The number of rotatable bonds is 9. The number of para-hydroxylation sites is 1. The molecule has 2 unspecified atom stereocenters. The first-order valence-electron chi connectivity index (χ1n) is 12.8. The number of amides is 3. The fourth-order valence-corrected chi connectivity index (χ4v) is 8.52. The smallest absolute Gasteiger partial charge is 0.245 e. The summed E-state index contributed by atoms with van der Waals surface area (Å²) in [6.45, 7) is 6.29. The topological polar surface area (TPSA) is 129 Å². The number of nitrogens with one attached hydrogen (secondary N) is 2. The maximum Gasteiger partial charge on any atom is 0.245 e. The van der Waals surface area contributed by atoms with Gasteiger partial charge >= 0.3 is 0 Å². The Bertz CT molecular complexity index is 1170. The van der Waals surface area contributed by atoms with E-state index < -0.39 is 28.7 Å². The lowest BCUT2D eigenvalue weighted by atomic mass is 9.70. The normalized spacial score (nSPS) is 29.7. The van der Waals surface area contributed by atoms with E-state index in [9.17, 15) is 19.5 Å². The number of benzene rings is 1. The van der Waals surface area contributed by atoms with E-state index >= 15 is 0 Å². The summed E-state index contributed by atoms with van der Waals surface area (Å²) < 4.78 is 0.933. The molecule has 11 heteroatoms. The quantitative estimate of drug-likeness (QED) is 0.458. The number of aliphatic hydroxyl groups is 1. The van der Waals surface area contributed by atoms with Crippen molar-refractivity contribution in [3.63, 3.8) is 0 Å². The summed E-state index contributed by atoms with van der Waals surface area (Å²) >= 11 is 1.63. The minimum absolute atomic E-state index is 0.0131. The van der Waals surface area contributed by atoms with Crippen molar-refractivity contribution < 1.29 is 19.5 Å². The zero-order valence-corrected chi connectivity index (χ0v) is 21.7. The van der Waals surface area contributed by atoms with Crippen molar-refractivity contribution >= 4 is 40.5 Å². The standard InChI is InChI=1S/C25H34N6O4S/c1-4-11-26-22(33)19-18-9-10-25(36-18)20(19)24(35)31(17(12-32)14(2)3)21(25)23(34)27-13-30-16-8-6-5-7-15(16)28-29-30/h5-8,14,17-21,32H,4,9-13H2,1-3H3,(H,26,33)(H,27,34)/t17-,18-,19+,20-,21?,25?/m0/s1. The summed E-state index contributed by atoms with van der Waals surface area (Å²) in [4.78, 5) is 42.7. The number of nitrogens with zero attached hydrogens (tertiary/aromatic N) is 4. The molecule has 6 atom stereocenters. The first-order valence-corrected chi connectivity index (χ1v) is 13.7. The minimum atomic E-state index is -0.775. The molecule has 0 aliphatic carbocycles. The van der Waals surface area contributed by atoms with Gasteiger partial charge in [0.05, 0.1) is 34.7 Å². The van der Waals surface area contributed by atoms with Gasteiger partial charge in [-0.05, 0) is 37.3 Å². The lowest BCUT2D eigenvalue weighted by Crippen LogP contribution is -2.57. The maximum absolute atomic E-state index is 14.0. The third-order valence-electron chi connectivity index (χ3n) is 7.98. The molecule has 0 saturated carbocycles. The fourth-order valence-electron chi connectivity index (χ4n) is 6.32. The van der Waals surface area contributed by atoms with E-state index in [1.807, 2.05) is 45.0 Å². The number of likely N-dealkylation sites (tertiary alicyclic amines) is 1. The molecule has 36 heavy (non-hydrogen) atoms. The second-order valence-corrected chi connectivity index (χ2v) is 12.0. The van der Waals surface area contributed by atoms with Crippen molar-refractivity contribution in [1.29, 1.82) is 0 Å². The van der Waals surface area contributed by atoms with Crippen LogP contribution in [0.4, 0.5) is 0 Å². The third kappa shape index (κ3) is 3.78. The molecule has 2 aromatic rings. The van der Waals surface area contributed by atoms with E-state index in [2.05, 4.69) is 20.9 Å². The summed E-state index contributed by atoms with van der Waals surface area (Å²) in [5, 5.41) is 24.5. The number of thioether (sulfide) groups is 1. The number of hydrogen-bond acceptors (Lipinski definition) is 7. The zero-order chi connectivity index (χ0) is 25.6. The monoisotopic (exact) mass is 514 g/mol. The highest BCUT2D eigenvalue weighted by molar-refractivity contribution is 8.02. The summed E-state index contributed by atoms with van der Waals surface area (Å²) in [6, 6.07) is 6.21. The van der Waals surface area contributed by atoms with Gasteiger partial charge in [-0.15, -0.1) is 16.9 Å². The molecule has 3 amide bonds. The van der Waals surface area contributed by atoms with E-state index in [1.165, 1.54) is 0 Å². The van der Waals surface area contributed by atoms with Crippen LogP contribution in [0.15, 0.2) is 24.3 Å². The Morgan fingerprint density at radius 1 is 1.25 bits per heavy atom. The lowest BCUT2D eigenvalue weighted by Gasteiger charge is -2.38. The van der Waals surface area contributed by atoms with Crippen molar-refractivity contribution in [2.45, 2.75) is 68.8 Å². The lowest BCUT2D eigenvalue weighted by molar-refractivity contribution is -0.143. The van der Waals surface area contributed by atoms with Gasteiger partial charge in [-0.3, -0.25) is 14.4 Å². The van der Waals surface area contributed by atoms with Gasteiger partial charge < -0.3 is 20.6 Å². The molecule has 5 rings (SSSR count). The van der Waals surface area contributed by atoms with Crippen LogP contribution < -0.4 is 10.6 Å². The number of aliphatic hydroxyl groups excluding tert-OH is 1. The maximum atomic E-state index is 14.0. The molecule has 4 heterocycles. The molecule has 3 fully saturated rings. The molecule has 3 aliphatic rings. The Labute approximate surface area is 214 Å². The molecule has 1 aromatic carbocycles. The molecule has 194 valence electrons. The van der Waals surface area contributed by atoms with Crippen LogP contribution in [0, 0.1) is 17.8 Å². The predicted octanol–water partition coefficient (Wildman–Crippen LogP) is 1.14. The number of carbonyl (C=O) groups excluding carboxylic acids is 3. The summed E-state index contributed by atoms with van der Waals surface area (Å²) in [6.07, 6.45) is 2.29. The SMILES string of the molecule is CCCNC(=O)[C@@H]1[C@@H]2CCC3(S2)C(C(=O)NCn2nnc4ccccc42)N([C@@H](CO)C(C)C)C(=O)[C@H]13. The van der Waals surface area contributed by atoms with E-state index in [0.717, 1.165) is 23.9 Å². The summed E-state index contributed by atoms with van der Waals surface area (Å²) in [7, 11) is 0. The van der Waals surface area contributed by atoms with Crippen molar-refractivity contribution in [3.05, 3.63) is 24.3 Å². The van der Waals surface area contributed by atoms with Gasteiger partial charge in [-0.1, -0.05) is 38.1 Å². The van der Waals surface area contributed by atoms with Gasteiger partial charge in [0.15, 0.2) is 0 Å². The highest BCUT2D eigenvalue weighted by Gasteiger charge is 2.74. The average molecular weight is 515 g/mol. The Kier molecular flexibility index (Phi) is 6.71. The van der Waals surface area contributed by atoms with Gasteiger partial charge in [0, 0.05) is 11.8 Å². The van der Waals surface area contributed by atoms with Crippen molar-refractivity contribution in [2.24, 2.45) is 17.8 Å². The Balaban J connectivity index is 1.47. The fraction of sp³-hybridized carbons (Fsp3) is 0.640.